The molecule has 0 aliphatic carbocycles. The molecule has 1 aliphatic rings. The first-order chi connectivity index (χ1) is 22.3. The van der Waals surface area contributed by atoms with Crippen LogP contribution in [0.25, 0.3) is 0 Å². The molecule has 1 saturated heterocycles. The highest BCUT2D eigenvalue weighted by Crippen LogP contribution is 2.29. The average molecular weight is 640 g/mol. The largest absolute Gasteiger partial charge is 0.447 e. The molecule has 0 spiro atoms. The van der Waals surface area contributed by atoms with Crippen LogP contribution in [0, 0.1) is 0 Å². The molecular weight excluding hydrogens is 590 g/mol. The van der Waals surface area contributed by atoms with Gasteiger partial charge in [-0.1, -0.05) is 79.8 Å². The topological polar surface area (TPSA) is 179 Å². The second kappa shape index (κ2) is 23.2. The molecule has 0 radical (unpaired) electrons. The minimum Gasteiger partial charge on any atom is -0.447 e. The Morgan fingerprint density at radius 2 is 1.46 bits per heavy atom. The van der Waals surface area contributed by atoms with E-state index in [1.807, 2.05) is 6.08 Å². The number of allylic oxidation sites excluding steroid dienone is 12. The van der Waals surface area contributed by atoms with Gasteiger partial charge in [0.05, 0.1) is 0 Å². The molecule has 2 heterocycles. The number of nitrogens with zero attached hydrogens (tertiary/aromatic N) is 3. The zero-order chi connectivity index (χ0) is 33.4. The molecule has 0 bridgehead atoms. The Morgan fingerprint density at radius 1 is 0.891 bits per heavy atom. The van der Waals surface area contributed by atoms with E-state index >= 15 is 0 Å². The van der Waals surface area contributed by atoms with Crippen molar-refractivity contribution < 1.29 is 34.1 Å². The lowest BCUT2D eigenvalue weighted by molar-refractivity contribution is -0.119. The van der Waals surface area contributed by atoms with Gasteiger partial charge in [0.2, 0.25) is 5.82 Å². The standard InChI is InChI=1S/C34H49N5O7/c1-2-3-4-5-6-7-8-9-10-11-12-13-14-15-16-17-18-19-20-22-27(40)23-21-24-36-34(44)45-25-28-29(41)30(42)33(46-28)39-26-37-32(38-39)31(35)43/h3-4,6-7,9-10,12-13,15-16,18-19,26,28-30,33,41-42H,2,5,8,11,14,17,20-25H2,1H3,(H2,35,43)(H,36,44)/b4-3-,7-6-,10-9-,13-12-,16-15-,19-18-/t28-,29-,30-,33-/m1/s1. The number of amides is 2. The van der Waals surface area contributed by atoms with Gasteiger partial charge in [-0.15, -0.1) is 5.10 Å². The number of aliphatic hydroxyl groups excluding tert-OH is 2. The molecule has 2 amide bonds. The number of carbonyl (C=O) groups is 3. The SMILES string of the molecule is CC/C=C\C/C=C\C/C=C\C/C=C\C/C=C\C/C=C\CCC(=O)CCCNC(=O)OC[C@H]1O[C@@H](n2cnc(C(N)=O)n2)[C@H](O)[C@@H]1O. The monoisotopic (exact) mass is 639 g/mol. The van der Waals surface area contributed by atoms with Crippen molar-refractivity contribution in [3.8, 4) is 0 Å². The van der Waals surface area contributed by atoms with E-state index in [-0.39, 0.29) is 24.8 Å². The molecule has 5 N–H and O–H groups in total. The third-order valence-electron chi connectivity index (χ3n) is 6.79. The number of Topliss-reactive ketones (excluding diaryl/α,β-unsaturated/α-hetero) is 1. The summed E-state index contributed by atoms with van der Waals surface area (Å²) >= 11 is 0. The number of carbonyl (C=O) groups excluding carboxylic acids is 3. The molecule has 46 heavy (non-hydrogen) atoms. The Morgan fingerprint density at radius 3 is 2.00 bits per heavy atom. The summed E-state index contributed by atoms with van der Waals surface area (Å²) in [6, 6.07) is 0. The maximum absolute atomic E-state index is 12.1. The second-order valence-electron chi connectivity index (χ2n) is 10.6. The molecule has 12 heteroatoms. The maximum atomic E-state index is 12.1. The number of aromatic nitrogens is 3. The number of hydrogen-bond acceptors (Lipinski definition) is 9. The van der Waals surface area contributed by atoms with Crippen LogP contribution in [-0.2, 0) is 14.3 Å². The molecule has 0 unspecified atom stereocenters. The van der Waals surface area contributed by atoms with E-state index in [2.05, 4.69) is 89.2 Å². The Bertz CT molecular complexity index is 1230. The van der Waals surface area contributed by atoms with Crippen molar-refractivity contribution >= 4 is 17.8 Å². The zero-order valence-electron chi connectivity index (χ0n) is 26.7. The summed E-state index contributed by atoms with van der Waals surface area (Å²) in [6.07, 6.45) is 28.9. The summed E-state index contributed by atoms with van der Waals surface area (Å²) in [4.78, 5) is 39.0. The number of alkyl carbamates (subject to hydrolysis) is 1. The Labute approximate surface area is 271 Å². The van der Waals surface area contributed by atoms with Crippen LogP contribution in [0.4, 0.5) is 4.79 Å². The first-order valence-corrected chi connectivity index (χ1v) is 15.9. The number of ketones is 1. The van der Waals surface area contributed by atoms with E-state index in [4.69, 9.17) is 15.2 Å². The van der Waals surface area contributed by atoms with Crippen LogP contribution in [0.1, 0.15) is 88.0 Å². The van der Waals surface area contributed by atoms with Gasteiger partial charge in [0.25, 0.3) is 5.91 Å². The van der Waals surface area contributed by atoms with Crippen molar-refractivity contribution in [1.82, 2.24) is 20.1 Å². The van der Waals surface area contributed by atoms with E-state index in [9.17, 15) is 24.6 Å². The number of rotatable bonds is 22. The van der Waals surface area contributed by atoms with Crippen molar-refractivity contribution in [2.75, 3.05) is 13.2 Å². The summed E-state index contributed by atoms with van der Waals surface area (Å²) in [6.45, 7) is 2.05. The Kier molecular flexibility index (Phi) is 19.2. The van der Waals surface area contributed by atoms with Gasteiger partial charge >= 0.3 is 6.09 Å². The smallest absolute Gasteiger partial charge is 0.407 e. The molecule has 2 rings (SSSR count). The summed E-state index contributed by atoms with van der Waals surface area (Å²) in [5, 5.41) is 26.8. The van der Waals surface area contributed by atoms with Crippen LogP contribution in [0.15, 0.2) is 79.2 Å². The molecule has 4 atom stereocenters. The van der Waals surface area contributed by atoms with Crippen molar-refractivity contribution in [3.05, 3.63) is 85.1 Å². The van der Waals surface area contributed by atoms with Gasteiger partial charge in [0.1, 0.15) is 37.0 Å². The summed E-state index contributed by atoms with van der Waals surface area (Å²) in [7, 11) is 0. The molecule has 252 valence electrons. The van der Waals surface area contributed by atoms with Crippen molar-refractivity contribution in [2.45, 2.75) is 95.7 Å². The highest BCUT2D eigenvalue weighted by Gasteiger charge is 2.45. The first-order valence-electron chi connectivity index (χ1n) is 15.9. The van der Waals surface area contributed by atoms with Crippen LogP contribution >= 0.6 is 0 Å². The highest BCUT2D eigenvalue weighted by molar-refractivity contribution is 5.88. The van der Waals surface area contributed by atoms with Gasteiger partial charge < -0.3 is 30.7 Å². The lowest BCUT2D eigenvalue weighted by Gasteiger charge is -2.14. The van der Waals surface area contributed by atoms with Gasteiger partial charge in [0.15, 0.2) is 6.23 Å². The number of hydrogen-bond donors (Lipinski definition) is 4. The molecule has 1 fully saturated rings. The fourth-order valence-corrected chi connectivity index (χ4v) is 4.29. The predicted molar refractivity (Wildman–Crippen MR) is 176 cm³/mol. The number of aliphatic hydroxyl groups is 2. The first kappa shape index (κ1) is 38.1. The second-order valence-corrected chi connectivity index (χ2v) is 10.6. The average Bonchev–Trinajstić information content (AvgIpc) is 3.64. The highest BCUT2D eigenvalue weighted by atomic mass is 16.6. The molecule has 1 aromatic rings. The van der Waals surface area contributed by atoms with Crippen LogP contribution in [0.5, 0.6) is 0 Å². The van der Waals surface area contributed by atoms with Gasteiger partial charge in [0, 0.05) is 19.4 Å². The number of nitrogens with two attached hydrogens (primary N) is 1. The minimum atomic E-state index is -1.39. The molecule has 12 nitrogen and oxygen atoms in total. The van der Waals surface area contributed by atoms with Crippen LogP contribution in [0.2, 0.25) is 0 Å². The minimum absolute atomic E-state index is 0.116. The lowest BCUT2D eigenvalue weighted by atomic mass is 10.1. The van der Waals surface area contributed by atoms with E-state index in [0.717, 1.165) is 49.5 Å². The molecule has 1 aromatic heterocycles. The van der Waals surface area contributed by atoms with Crippen LogP contribution in [-0.4, -0.2) is 74.2 Å². The molecular formula is C34H49N5O7. The number of nitrogens with one attached hydrogen (secondary N) is 1. The van der Waals surface area contributed by atoms with Gasteiger partial charge in [-0.05, 0) is 51.4 Å². The predicted octanol–water partition coefficient (Wildman–Crippen LogP) is 4.55. The van der Waals surface area contributed by atoms with Crippen LogP contribution in [0.3, 0.4) is 0 Å². The van der Waals surface area contributed by atoms with E-state index in [1.165, 1.54) is 0 Å². The number of ether oxygens (including phenoxy) is 2. The fraction of sp³-hybridized carbons (Fsp3) is 0.500. The van der Waals surface area contributed by atoms with Gasteiger partial charge in [-0.2, -0.15) is 0 Å². The van der Waals surface area contributed by atoms with Crippen molar-refractivity contribution in [3.63, 3.8) is 0 Å². The summed E-state index contributed by atoms with van der Waals surface area (Å²) in [5.41, 5.74) is 5.12. The normalized spacial score (nSPS) is 20.4. The zero-order valence-corrected chi connectivity index (χ0v) is 26.7. The Balaban J connectivity index is 1.46. The van der Waals surface area contributed by atoms with Crippen molar-refractivity contribution in [2.24, 2.45) is 5.73 Å². The van der Waals surface area contributed by atoms with E-state index in [0.29, 0.717) is 25.7 Å². The molecule has 1 aliphatic heterocycles. The Hall–Kier alpha value is -4.13. The maximum Gasteiger partial charge on any atom is 0.407 e. The van der Waals surface area contributed by atoms with E-state index < -0.39 is 36.5 Å². The third-order valence-corrected chi connectivity index (χ3v) is 6.79. The molecule has 0 aromatic carbocycles. The summed E-state index contributed by atoms with van der Waals surface area (Å²) in [5.74, 6) is -1.00. The number of primary amides is 1. The fourth-order valence-electron chi connectivity index (χ4n) is 4.29. The van der Waals surface area contributed by atoms with Gasteiger partial charge in [-0.25, -0.2) is 14.5 Å². The lowest BCUT2D eigenvalue weighted by Crippen LogP contribution is -2.36. The third kappa shape index (κ3) is 15.7. The van der Waals surface area contributed by atoms with Crippen molar-refractivity contribution in [1.29, 1.82) is 0 Å². The summed E-state index contributed by atoms with van der Waals surface area (Å²) < 4.78 is 11.7. The van der Waals surface area contributed by atoms with E-state index in [1.54, 1.807) is 0 Å². The van der Waals surface area contributed by atoms with Crippen LogP contribution < -0.4 is 11.1 Å². The van der Waals surface area contributed by atoms with Gasteiger partial charge in [-0.3, -0.25) is 9.59 Å². The molecule has 0 saturated carbocycles. The quantitative estimate of drug-likeness (QED) is 0.105.